The molecule has 0 aliphatic heterocycles. The Balaban J connectivity index is 2.65. The maximum absolute atomic E-state index is 12.9. The lowest BCUT2D eigenvalue weighted by atomic mass is 10.0. The monoisotopic (exact) mass is 224 g/mol. The fraction of sp³-hybridized carbons (Fsp3) is 0.417. The number of carbonyl (C=O) groups excluding carboxylic acids is 1. The molecule has 88 valence electrons. The summed E-state index contributed by atoms with van der Waals surface area (Å²) in [6, 6.07) is 3.93. The smallest absolute Gasteiger partial charge is 0.224 e. The highest BCUT2D eigenvalue weighted by Crippen LogP contribution is 2.20. The maximum atomic E-state index is 12.9. The van der Waals surface area contributed by atoms with E-state index >= 15 is 0 Å². The lowest BCUT2D eigenvalue weighted by Gasteiger charge is -2.10. The van der Waals surface area contributed by atoms with E-state index in [9.17, 15) is 9.18 Å². The molecule has 1 amide bonds. The number of rotatable bonds is 4. The van der Waals surface area contributed by atoms with Crippen molar-refractivity contribution >= 4 is 17.3 Å². The number of benzene rings is 1. The molecular weight excluding hydrogens is 207 g/mol. The predicted octanol–water partition coefficient (Wildman–Crippen LogP) is 2.78. The zero-order valence-electron chi connectivity index (χ0n) is 9.59. The quantitative estimate of drug-likeness (QED) is 0.773. The standard InChI is InChI=1S/C12H17FN2O/c1-3-8(2)6-12(16)15-11-7-9(13)4-5-10(11)14/h4-5,7-8H,3,6,14H2,1-2H3,(H,15,16). The Kier molecular flexibility index (Phi) is 4.28. The predicted molar refractivity (Wildman–Crippen MR) is 63.5 cm³/mol. The Morgan fingerprint density at radius 3 is 2.88 bits per heavy atom. The molecule has 1 aromatic carbocycles. The Morgan fingerprint density at radius 1 is 1.56 bits per heavy atom. The molecule has 0 saturated carbocycles. The summed E-state index contributed by atoms with van der Waals surface area (Å²) in [5.41, 5.74) is 6.33. The van der Waals surface area contributed by atoms with Gasteiger partial charge in [-0.25, -0.2) is 4.39 Å². The van der Waals surface area contributed by atoms with Crippen LogP contribution in [0.2, 0.25) is 0 Å². The van der Waals surface area contributed by atoms with Gasteiger partial charge in [0.2, 0.25) is 5.91 Å². The molecule has 0 aromatic heterocycles. The molecule has 0 radical (unpaired) electrons. The number of nitrogens with one attached hydrogen (secondary N) is 1. The second-order valence-corrected chi connectivity index (χ2v) is 4.00. The topological polar surface area (TPSA) is 55.1 Å². The number of anilines is 2. The molecule has 0 heterocycles. The maximum Gasteiger partial charge on any atom is 0.224 e. The van der Waals surface area contributed by atoms with E-state index in [4.69, 9.17) is 5.73 Å². The van der Waals surface area contributed by atoms with Gasteiger partial charge in [-0.15, -0.1) is 0 Å². The van der Waals surface area contributed by atoms with Crippen molar-refractivity contribution in [3.63, 3.8) is 0 Å². The second-order valence-electron chi connectivity index (χ2n) is 4.00. The van der Waals surface area contributed by atoms with E-state index in [1.54, 1.807) is 0 Å². The molecule has 1 rings (SSSR count). The van der Waals surface area contributed by atoms with Crippen molar-refractivity contribution in [2.24, 2.45) is 5.92 Å². The van der Waals surface area contributed by atoms with Crippen LogP contribution >= 0.6 is 0 Å². The van der Waals surface area contributed by atoms with Gasteiger partial charge in [0, 0.05) is 6.42 Å². The van der Waals surface area contributed by atoms with E-state index in [0.717, 1.165) is 6.42 Å². The van der Waals surface area contributed by atoms with Crippen LogP contribution in [0.1, 0.15) is 26.7 Å². The summed E-state index contributed by atoms with van der Waals surface area (Å²) in [6.45, 7) is 4.02. The van der Waals surface area contributed by atoms with Crippen LogP contribution in [0.4, 0.5) is 15.8 Å². The van der Waals surface area contributed by atoms with E-state index < -0.39 is 5.82 Å². The van der Waals surface area contributed by atoms with Crippen molar-refractivity contribution in [2.45, 2.75) is 26.7 Å². The molecule has 0 aliphatic rings. The van der Waals surface area contributed by atoms with Gasteiger partial charge >= 0.3 is 0 Å². The first-order valence-corrected chi connectivity index (χ1v) is 5.37. The number of nitrogen functional groups attached to an aromatic ring is 1. The van der Waals surface area contributed by atoms with Crippen molar-refractivity contribution in [2.75, 3.05) is 11.1 Å². The van der Waals surface area contributed by atoms with Crippen LogP contribution in [0.15, 0.2) is 18.2 Å². The van der Waals surface area contributed by atoms with Gasteiger partial charge in [0.15, 0.2) is 0 Å². The Morgan fingerprint density at radius 2 is 2.25 bits per heavy atom. The average molecular weight is 224 g/mol. The van der Waals surface area contributed by atoms with Gasteiger partial charge in [-0.1, -0.05) is 20.3 Å². The van der Waals surface area contributed by atoms with Crippen molar-refractivity contribution in [1.29, 1.82) is 0 Å². The molecular formula is C12H17FN2O. The molecule has 16 heavy (non-hydrogen) atoms. The Hall–Kier alpha value is -1.58. The molecule has 1 atom stereocenters. The van der Waals surface area contributed by atoms with Crippen LogP contribution in [0.5, 0.6) is 0 Å². The third-order valence-corrected chi connectivity index (χ3v) is 2.52. The molecule has 0 spiro atoms. The molecule has 1 aromatic rings. The Bertz CT molecular complexity index is 379. The lowest BCUT2D eigenvalue weighted by Crippen LogP contribution is -2.15. The fourth-order valence-electron chi connectivity index (χ4n) is 1.30. The summed E-state index contributed by atoms with van der Waals surface area (Å²) in [6.07, 6.45) is 1.36. The van der Waals surface area contributed by atoms with Crippen LogP contribution in [0.25, 0.3) is 0 Å². The minimum atomic E-state index is -0.409. The van der Waals surface area contributed by atoms with Crippen molar-refractivity contribution in [3.8, 4) is 0 Å². The van der Waals surface area contributed by atoms with E-state index in [2.05, 4.69) is 5.32 Å². The summed E-state index contributed by atoms with van der Waals surface area (Å²) < 4.78 is 12.9. The number of amides is 1. The molecule has 0 aliphatic carbocycles. The minimum Gasteiger partial charge on any atom is -0.397 e. The molecule has 3 N–H and O–H groups in total. The van der Waals surface area contributed by atoms with Gasteiger partial charge in [-0.2, -0.15) is 0 Å². The summed E-state index contributed by atoms with van der Waals surface area (Å²) in [4.78, 5) is 11.6. The molecule has 4 heteroatoms. The summed E-state index contributed by atoms with van der Waals surface area (Å²) in [7, 11) is 0. The van der Waals surface area contributed by atoms with E-state index in [0.29, 0.717) is 23.7 Å². The van der Waals surface area contributed by atoms with Crippen LogP contribution in [-0.4, -0.2) is 5.91 Å². The second kappa shape index (κ2) is 5.49. The van der Waals surface area contributed by atoms with Crippen LogP contribution in [0, 0.1) is 11.7 Å². The lowest BCUT2D eigenvalue weighted by molar-refractivity contribution is -0.117. The van der Waals surface area contributed by atoms with Gasteiger partial charge in [0.1, 0.15) is 5.82 Å². The third-order valence-electron chi connectivity index (χ3n) is 2.52. The molecule has 0 saturated heterocycles. The van der Waals surface area contributed by atoms with Crippen LogP contribution in [-0.2, 0) is 4.79 Å². The number of hydrogen-bond acceptors (Lipinski definition) is 2. The van der Waals surface area contributed by atoms with Crippen LogP contribution < -0.4 is 11.1 Å². The van der Waals surface area contributed by atoms with Gasteiger partial charge in [-0.3, -0.25) is 4.79 Å². The van der Waals surface area contributed by atoms with E-state index in [1.807, 2.05) is 13.8 Å². The minimum absolute atomic E-state index is 0.133. The molecule has 1 unspecified atom stereocenters. The fourth-order valence-corrected chi connectivity index (χ4v) is 1.30. The Labute approximate surface area is 94.8 Å². The molecule has 0 fully saturated rings. The zero-order valence-corrected chi connectivity index (χ0v) is 9.59. The molecule has 3 nitrogen and oxygen atoms in total. The van der Waals surface area contributed by atoms with E-state index in [-0.39, 0.29) is 5.91 Å². The summed E-state index contributed by atoms with van der Waals surface area (Å²) in [5.74, 6) is -0.227. The first-order chi connectivity index (χ1) is 7.52. The normalized spacial score (nSPS) is 12.2. The van der Waals surface area contributed by atoms with Gasteiger partial charge in [0.25, 0.3) is 0 Å². The van der Waals surface area contributed by atoms with Gasteiger partial charge in [0.05, 0.1) is 11.4 Å². The van der Waals surface area contributed by atoms with Crippen LogP contribution in [0.3, 0.4) is 0 Å². The average Bonchev–Trinajstić information content (AvgIpc) is 2.23. The first kappa shape index (κ1) is 12.5. The number of hydrogen-bond donors (Lipinski definition) is 2. The molecule has 0 bridgehead atoms. The van der Waals surface area contributed by atoms with Crippen molar-refractivity contribution in [3.05, 3.63) is 24.0 Å². The van der Waals surface area contributed by atoms with Crippen molar-refractivity contribution in [1.82, 2.24) is 0 Å². The highest BCUT2D eigenvalue weighted by molar-refractivity contribution is 5.93. The SMILES string of the molecule is CCC(C)CC(=O)Nc1cc(F)ccc1N. The third kappa shape index (κ3) is 3.53. The van der Waals surface area contributed by atoms with E-state index in [1.165, 1.54) is 18.2 Å². The highest BCUT2D eigenvalue weighted by Gasteiger charge is 2.09. The highest BCUT2D eigenvalue weighted by atomic mass is 19.1. The number of carbonyl (C=O) groups is 1. The zero-order chi connectivity index (χ0) is 12.1. The first-order valence-electron chi connectivity index (χ1n) is 5.37. The van der Waals surface area contributed by atoms with Crippen molar-refractivity contribution < 1.29 is 9.18 Å². The number of nitrogens with two attached hydrogens (primary N) is 1. The summed E-state index contributed by atoms with van der Waals surface area (Å²) in [5, 5.41) is 2.61. The largest absolute Gasteiger partial charge is 0.397 e. The number of halogens is 1. The van der Waals surface area contributed by atoms with Gasteiger partial charge < -0.3 is 11.1 Å². The summed E-state index contributed by atoms with van der Waals surface area (Å²) >= 11 is 0. The van der Waals surface area contributed by atoms with Gasteiger partial charge in [-0.05, 0) is 24.1 Å².